The molecular formula is C24H28N6O2. The predicted octanol–water partition coefficient (Wildman–Crippen LogP) is 3.09. The largest absolute Gasteiger partial charge is 0.342 e. The summed E-state index contributed by atoms with van der Waals surface area (Å²) in [5.74, 6) is 1.25. The Morgan fingerprint density at radius 1 is 1.22 bits per heavy atom. The van der Waals surface area contributed by atoms with Crippen LogP contribution in [0.25, 0.3) is 22.1 Å². The van der Waals surface area contributed by atoms with Crippen molar-refractivity contribution in [1.29, 1.82) is 0 Å². The van der Waals surface area contributed by atoms with Crippen molar-refractivity contribution in [2.75, 3.05) is 13.1 Å². The molecule has 1 atom stereocenters. The quantitative estimate of drug-likeness (QED) is 0.518. The molecule has 8 nitrogen and oxygen atoms in total. The Kier molecular flexibility index (Phi) is 5.07. The summed E-state index contributed by atoms with van der Waals surface area (Å²) < 4.78 is 1.69. The van der Waals surface area contributed by atoms with Crippen LogP contribution in [0.2, 0.25) is 0 Å². The van der Waals surface area contributed by atoms with Crippen LogP contribution >= 0.6 is 0 Å². The summed E-state index contributed by atoms with van der Waals surface area (Å²) in [7, 11) is 1.82. The van der Waals surface area contributed by atoms with E-state index in [0.29, 0.717) is 24.9 Å². The van der Waals surface area contributed by atoms with E-state index in [1.807, 2.05) is 50.1 Å². The van der Waals surface area contributed by atoms with Gasteiger partial charge in [-0.25, -0.2) is 4.98 Å². The molecule has 0 aliphatic carbocycles. The standard InChI is InChI=1S/C24H28N6O2/c1-14-17(24(32)27-23-21(14)15(2)28-29(23)3)10-11-20(31)30-12-6-7-16(13-30)22-25-18-8-4-5-9-19(18)26-22/h4-5,8-9,16H,6-7,10-13H2,1-3H3,(H,25,26)(H,27,32)/t16-/m0/s1. The monoisotopic (exact) mass is 432 g/mol. The van der Waals surface area contributed by atoms with E-state index in [1.165, 1.54) is 0 Å². The number of piperidine rings is 1. The number of aromatic amines is 2. The molecule has 0 bridgehead atoms. The number of nitrogens with one attached hydrogen (secondary N) is 2. The minimum Gasteiger partial charge on any atom is -0.342 e. The van der Waals surface area contributed by atoms with Gasteiger partial charge in [-0.3, -0.25) is 14.3 Å². The fourth-order valence-electron chi connectivity index (χ4n) is 5.04. The summed E-state index contributed by atoms with van der Waals surface area (Å²) in [4.78, 5) is 38.8. The molecule has 5 rings (SSSR count). The third-order valence-corrected chi connectivity index (χ3v) is 6.71. The molecule has 1 saturated heterocycles. The molecule has 4 heterocycles. The molecule has 1 aliphatic rings. The number of carbonyl (C=O) groups excluding carboxylic acids is 1. The lowest BCUT2D eigenvalue weighted by molar-refractivity contribution is -0.132. The van der Waals surface area contributed by atoms with Gasteiger partial charge in [0.05, 0.1) is 16.7 Å². The van der Waals surface area contributed by atoms with Crippen molar-refractivity contribution in [3.63, 3.8) is 0 Å². The number of rotatable bonds is 4. The third-order valence-electron chi connectivity index (χ3n) is 6.71. The summed E-state index contributed by atoms with van der Waals surface area (Å²) in [5, 5.41) is 5.39. The molecule has 0 saturated carbocycles. The fourth-order valence-corrected chi connectivity index (χ4v) is 5.04. The van der Waals surface area contributed by atoms with E-state index in [-0.39, 0.29) is 17.4 Å². The number of H-pyrrole nitrogens is 2. The number of aryl methyl sites for hydroxylation is 3. The minimum absolute atomic E-state index is 0.0904. The molecule has 166 valence electrons. The summed E-state index contributed by atoms with van der Waals surface area (Å²) in [5.41, 5.74) is 5.06. The average molecular weight is 433 g/mol. The van der Waals surface area contributed by atoms with Gasteiger partial charge in [-0.15, -0.1) is 0 Å². The molecule has 4 aromatic rings. The number of aromatic nitrogens is 5. The SMILES string of the molecule is Cc1nn(C)c2[nH]c(=O)c(CCC(=O)N3CCC[C@H](c4nc5ccccc5[nH]4)C3)c(C)c12. The Morgan fingerprint density at radius 2 is 2.03 bits per heavy atom. The van der Waals surface area contributed by atoms with Gasteiger partial charge in [-0.2, -0.15) is 5.10 Å². The van der Waals surface area contributed by atoms with Gasteiger partial charge >= 0.3 is 0 Å². The van der Waals surface area contributed by atoms with E-state index in [1.54, 1.807) is 4.68 Å². The van der Waals surface area contributed by atoms with E-state index < -0.39 is 0 Å². The number of para-hydroxylation sites is 2. The number of carbonyl (C=O) groups is 1. The van der Waals surface area contributed by atoms with Gasteiger partial charge < -0.3 is 14.9 Å². The van der Waals surface area contributed by atoms with Gasteiger partial charge in [0.15, 0.2) is 0 Å². The Hall–Kier alpha value is -3.42. The highest BCUT2D eigenvalue weighted by Crippen LogP contribution is 2.27. The van der Waals surface area contributed by atoms with Crippen LogP contribution in [0.15, 0.2) is 29.1 Å². The number of hydrogen-bond donors (Lipinski definition) is 2. The van der Waals surface area contributed by atoms with Crippen LogP contribution in [-0.4, -0.2) is 48.6 Å². The molecule has 1 aromatic carbocycles. The van der Waals surface area contributed by atoms with Gasteiger partial charge in [0, 0.05) is 43.4 Å². The number of nitrogens with zero attached hydrogens (tertiary/aromatic N) is 4. The lowest BCUT2D eigenvalue weighted by Crippen LogP contribution is -2.39. The van der Waals surface area contributed by atoms with E-state index in [2.05, 4.69) is 15.1 Å². The smallest absolute Gasteiger partial charge is 0.253 e. The predicted molar refractivity (Wildman–Crippen MR) is 124 cm³/mol. The van der Waals surface area contributed by atoms with Gasteiger partial charge in [-0.05, 0) is 50.8 Å². The molecular weight excluding hydrogens is 404 g/mol. The lowest BCUT2D eigenvalue weighted by atomic mass is 9.96. The van der Waals surface area contributed by atoms with Crippen molar-refractivity contribution in [2.24, 2.45) is 7.05 Å². The van der Waals surface area contributed by atoms with Gasteiger partial charge in [0.25, 0.3) is 5.56 Å². The van der Waals surface area contributed by atoms with Crippen LogP contribution in [0.1, 0.15) is 47.8 Å². The maximum absolute atomic E-state index is 13.0. The van der Waals surface area contributed by atoms with Crippen molar-refractivity contribution in [3.8, 4) is 0 Å². The van der Waals surface area contributed by atoms with E-state index in [0.717, 1.165) is 58.5 Å². The second-order valence-electron chi connectivity index (χ2n) is 8.81. The summed E-state index contributed by atoms with van der Waals surface area (Å²) in [6.07, 6.45) is 2.71. The highest BCUT2D eigenvalue weighted by Gasteiger charge is 2.27. The van der Waals surface area contributed by atoms with Crippen molar-refractivity contribution in [2.45, 2.75) is 45.4 Å². The first-order chi connectivity index (χ1) is 15.4. The van der Waals surface area contributed by atoms with Gasteiger partial charge in [0.2, 0.25) is 5.91 Å². The van der Waals surface area contributed by atoms with Gasteiger partial charge in [-0.1, -0.05) is 12.1 Å². The molecule has 32 heavy (non-hydrogen) atoms. The van der Waals surface area contributed by atoms with E-state index in [4.69, 9.17) is 4.98 Å². The molecule has 0 unspecified atom stereocenters. The topological polar surface area (TPSA) is 99.7 Å². The average Bonchev–Trinajstić information content (AvgIpc) is 3.34. The molecule has 0 radical (unpaired) electrons. The first kappa shape index (κ1) is 20.5. The van der Waals surface area contributed by atoms with Crippen LogP contribution in [0.5, 0.6) is 0 Å². The highest BCUT2D eigenvalue weighted by molar-refractivity contribution is 5.83. The second kappa shape index (κ2) is 7.93. The van der Waals surface area contributed by atoms with E-state index in [9.17, 15) is 9.59 Å². The van der Waals surface area contributed by atoms with Crippen LogP contribution in [0.3, 0.4) is 0 Å². The Bertz CT molecular complexity index is 1350. The minimum atomic E-state index is -0.135. The molecule has 1 aliphatic heterocycles. The molecule has 8 heteroatoms. The zero-order valence-corrected chi connectivity index (χ0v) is 18.7. The first-order valence-electron chi connectivity index (χ1n) is 11.2. The molecule has 0 spiro atoms. The number of hydrogen-bond acceptors (Lipinski definition) is 4. The summed E-state index contributed by atoms with van der Waals surface area (Å²) in [6.45, 7) is 5.31. The molecule has 2 N–H and O–H groups in total. The van der Waals surface area contributed by atoms with Crippen molar-refractivity contribution in [3.05, 3.63) is 57.3 Å². The molecule has 1 amide bonds. The van der Waals surface area contributed by atoms with Crippen molar-refractivity contribution < 1.29 is 4.79 Å². The highest BCUT2D eigenvalue weighted by atomic mass is 16.2. The Balaban J connectivity index is 1.31. The van der Waals surface area contributed by atoms with Crippen LogP contribution in [0.4, 0.5) is 0 Å². The fraction of sp³-hybridized carbons (Fsp3) is 0.417. The molecule has 3 aromatic heterocycles. The Morgan fingerprint density at radius 3 is 2.84 bits per heavy atom. The number of benzene rings is 1. The second-order valence-corrected chi connectivity index (χ2v) is 8.81. The van der Waals surface area contributed by atoms with Crippen molar-refractivity contribution >= 4 is 28.0 Å². The number of imidazole rings is 1. The normalized spacial score (nSPS) is 16.8. The summed E-state index contributed by atoms with van der Waals surface area (Å²) >= 11 is 0. The molecule has 1 fully saturated rings. The summed E-state index contributed by atoms with van der Waals surface area (Å²) in [6, 6.07) is 8.01. The van der Waals surface area contributed by atoms with Crippen LogP contribution in [-0.2, 0) is 18.3 Å². The number of fused-ring (bicyclic) bond motifs is 2. The Labute approximate surface area is 185 Å². The zero-order chi connectivity index (χ0) is 22.4. The zero-order valence-electron chi connectivity index (χ0n) is 18.7. The van der Waals surface area contributed by atoms with Crippen LogP contribution in [0, 0.1) is 13.8 Å². The van der Waals surface area contributed by atoms with E-state index >= 15 is 0 Å². The van der Waals surface area contributed by atoms with Gasteiger partial charge in [0.1, 0.15) is 11.5 Å². The number of amides is 1. The lowest BCUT2D eigenvalue weighted by Gasteiger charge is -2.32. The number of pyridine rings is 1. The van der Waals surface area contributed by atoms with Crippen LogP contribution < -0.4 is 5.56 Å². The number of likely N-dealkylation sites (tertiary alicyclic amines) is 1. The maximum Gasteiger partial charge on any atom is 0.253 e. The first-order valence-corrected chi connectivity index (χ1v) is 11.2. The third kappa shape index (κ3) is 3.49. The van der Waals surface area contributed by atoms with Crippen molar-refractivity contribution in [1.82, 2.24) is 29.6 Å². The maximum atomic E-state index is 13.0.